The Morgan fingerprint density at radius 2 is 1.83 bits per heavy atom. The van der Waals surface area contributed by atoms with Gasteiger partial charge in [0.05, 0.1) is 7.11 Å². The molecule has 0 amide bonds. The fraction of sp³-hybridized carbons (Fsp3) is 0.778. The van der Waals surface area contributed by atoms with Crippen LogP contribution >= 0.6 is 16.3 Å². The standard InChI is InChI=1S/C9H13BrO8/c1-3(11)9(18-10)7(14)5(13)4(12)6(17-9)8(15)16-2/h4-7,12-14H,1-2H3/t4-,5-,6-,7+,9-/m0/s1. The number of carbonyl (C=O) groups is 2. The third kappa shape index (κ3) is 2.29. The van der Waals surface area contributed by atoms with E-state index in [0.29, 0.717) is 0 Å². The summed E-state index contributed by atoms with van der Waals surface area (Å²) in [5.41, 5.74) is 0. The highest BCUT2D eigenvalue weighted by Gasteiger charge is 2.59. The summed E-state index contributed by atoms with van der Waals surface area (Å²) in [5, 5.41) is 29.0. The maximum absolute atomic E-state index is 11.5. The molecule has 1 rings (SSSR count). The third-order valence-electron chi connectivity index (χ3n) is 2.71. The van der Waals surface area contributed by atoms with Gasteiger partial charge in [-0.05, 0) is 0 Å². The van der Waals surface area contributed by atoms with Crippen LogP contribution in [0.3, 0.4) is 0 Å². The second-order valence-electron chi connectivity index (χ2n) is 3.79. The van der Waals surface area contributed by atoms with Crippen molar-refractivity contribution in [3.63, 3.8) is 0 Å². The molecule has 18 heavy (non-hydrogen) atoms. The number of hydrogen-bond donors (Lipinski definition) is 3. The van der Waals surface area contributed by atoms with Crippen molar-refractivity contribution in [2.45, 2.75) is 37.1 Å². The molecule has 0 aromatic rings. The third-order valence-corrected chi connectivity index (χ3v) is 3.19. The Kier molecular flexibility index (Phi) is 4.81. The van der Waals surface area contributed by atoms with Gasteiger partial charge in [-0.15, -0.1) is 0 Å². The molecule has 0 bridgehead atoms. The van der Waals surface area contributed by atoms with Gasteiger partial charge in [0.15, 0.2) is 11.9 Å². The number of ketones is 1. The van der Waals surface area contributed by atoms with E-state index in [1.807, 2.05) is 0 Å². The molecule has 0 saturated carbocycles. The van der Waals surface area contributed by atoms with Crippen LogP contribution in [0.4, 0.5) is 0 Å². The van der Waals surface area contributed by atoms with Crippen LogP contribution in [0.1, 0.15) is 6.92 Å². The van der Waals surface area contributed by atoms with Gasteiger partial charge in [0, 0.05) is 6.92 Å². The van der Waals surface area contributed by atoms with E-state index in [-0.39, 0.29) is 0 Å². The Morgan fingerprint density at radius 3 is 2.22 bits per heavy atom. The van der Waals surface area contributed by atoms with Crippen LogP contribution < -0.4 is 0 Å². The predicted octanol–water partition coefficient (Wildman–Crippen LogP) is -1.75. The summed E-state index contributed by atoms with van der Waals surface area (Å²) < 4.78 is 13.9. The van der Waals surface area contributed by atoms with E-state index in [0.717, 1.165) is 14.0 Å². The fourth-order valence-corrected chi connectivity index (χ4v) is 2.13. The molecule has 0 spiro atoms. The first-order chi connectivity index (χ1) is 8.31. The molecule has 0 unspecified atom stereocenters. The second kappa shape index (κ2) is 5.59. The van der Waals surface area contributed by atoms with E-state index in [9.17, 15) is 24.9 Å². The van der Waals surface area contributed by atoms with Gasteiger partial charge in [-0.25, -0.2) is 4.79 Å². The Morgan fingerprint density at radius 1 is 1.28 bits per heavy atom. The topological polar surface area (TPSA) is 123 Å². The minimum absolute atomic E-state index is 0.799. The number of aliphatic hydroxyl groups excluding tert-OH is 3. The summed E-state index contributed by atoms with van der Waals surface area (Å²) >= 11 is 2.50. The number of methoxy groups -OCH3 is 1. The Hall–Kier alpha value is -0.580. The molecular formula is C9H13BrO8. The van der Waals surface area contributed by atoms with Gasteiger partial charge in [-0.1, -0.05) is 0 Å². The summed E-state index contributed by atoms with van der Waals surface area (Å²) in [6.45, 7) is 1.03. The second-order valence-corrected chi connectivity index (χ2v) is 4.11. The van der Waals surface area contributed by atoms with Crippen molar-refractivity contribution in [3.05, 3.63) is 0 Å². The Bertz CT molecular complexity index is 347. The van der Waals surface area contributed by atoms with E-state index in [1.165, 1.54) is 0 Å². The van der Waals surface area contributed by atoms with Gasteiger partial charge >= 0.3 is 5.97 Å². The molecule has 0 radical (unpaired) electrons. The zero-order valence-corrected chi connectivity index (χ0v) is 11.2. The highest BCUT2D eigenvalue weighted by Crippen LogP contribution is 2.34. The molecule has 1 heterocycles. The van der Waals surface area contributed by atoms with Crippen LogP contribution in [0.2, 0.25) is 0 Å². The van der Waals surface area contributed by atoms with Crippen molar-refractivity contribution >= 4 is 28.0 Å². The minimum Gasteiger partial charge on any atom is -0.467 e. The van der Waals surface area contributed by atoms with Gasteiger partial charge in [0.2, 0.25) is 0 Å². The number of Topliss-reactive ketones (excluding diaryl/α,β-unsaturated/α-hetero) is 1. The summed E-state index contributed by atoms with van der Waals surface area (Å²) in [7, 11) is 1.04. The SMILES string of the molecule is COC(=O)[C@H]1O[C@](OBr)(C(C)=O)[C@H](O)[C@@H](O)[C@@H]1O. The molecule has 0 aliphatic carbocycles. The van der Waals surface area contributed by atoms with E-state index < -0.39 is 42.0 Å². The van der Waals surface area contributed by atoms with Crippen LogP contribution in [0.25, 0.3) is 0 Å². The number of rotatable bonds is 3. The average Bonchev–Trinajstić information content (AvgIpc) is 2.35. The maximum atomic E-state index is 11.5. The first kappa shape index (κ1) is 15.5. The van der Waals surface area contributed by atoms with Crippen molar-refractivity contribution in [2.24, 2.45) is 0 Å². The number of hydrogen-bond acceptors (Lipinski definition) is 8. The van der Waals surface area contributed by atoms with Gasteiger partial charge < -0.3 is 24.8 Å². The summed E-state index contributed by atoms with van der Waals surface area (Å²) in [6, 6.07) is 0. The largest absolute Gasteiger partial charge is 0.467 e. The van der Waals surface area contributed by atoms with Crippen molar-refractivity contribution in [1.82, 2.24) is 0 Å². The predicted molar refractivity (Wildman–Crippen MR) is 58.3 cm³/mol. The first-order valence-electron chi connectivity index (χ1n) is 4.92. The van der Waals surface area contributed by atoms with Crippen molar-refractivity contribution in [1.29, 1.82) is 0 Å². The number of aliphatic hydroxyl groups is 3. The lowest BCUT2D eigenvalue weighted by molar-refractivity contribution is -0.307. The Labute approximate surface area is 111 Å². The number of carbonyl (C=O) groups excluding carboxylic acids is 2. The molecule has 1 fully saturated rings. The molecule has 9 heteroatoms. The Balaban J connectivity index is 3.15. The van der Waals surface area contributed by atoms with Crippen LogP contribution in [-0.4, -0.2) is 64.4 Å². The van der Waals surface area contributed by atoms with E-state index in [4.69, 9.17) is 4.74 Å². The zero-order valence-electron chi connectivity index (χ0n) is 9.57. The summed E-state index contributed by atoms with van der Waals surface area (Å²) in [4.78, 5) is 22.9. The molecular weight excluding hydrogens is 316 g/mol. The van der Waals surface area contributed by atoms with Crippen LogP contribution in [0.15, 0.2) is 0 Å². The lowest BCUT2D eigenvalue weighted by Crippen LogP contribution is -2.68. The lowest BCUT2D eigenvalue weighted by Gasteiger charge is -2.44. The molecule has 0 aromatic carbocycles. The highest BCUT2D eigenvalue weighted by atomic mass is 79.9. The first-order valence-corrected chi connectivity index (χ1v) is 5.57. The molecule has 8 nitrogen and oxygen atoms in total. The van der Waals surface area contributed by atoms with Crippen LogP contribution in [0, 0.1) is 0 Å². The van der Waals surface area contributed by atoms with Gasteiger partial charge in [-0.3, -0.25) is 8.62 Å². The summed E-state index contributed by atoms with van der Waals surface area (Å²) in [5.74, 6) is -4.10. The van der Waals surface area contributed by atoms with Crippen LogP contribution in [-0.2, 0) is 22.9 Å². The number of ether oxygens (including phenoxy) is 2. The smallest absolute Gasteiger partial charge is 0.337 e. The van der Waals surface area contributed by atoms with Crippen molar-refractivity contribution < 1.29 is 38.2 Å². The zero-order chi connectivity index (χ0) is 14.1. The molecule has 104 valence electrons. The molecule has 0 aromatic heterocycles. The average molecular weight is 329 g/mol. The normalized spacial score (nSPS) is 40.3. The van der Waals surface area contributed by atoms with Gasteiger partial charge in [0.1, 0.15) is 34.6 Å². The van der Waals surface area contributed by atoms with E-state index in [2.05, 4.69) is 24.8 Å². The van der Waals surface area contributed by atoms with E-state index >= 15 is 0 Å². The number of esters is 1. The number of halogens is 1. The van der Waals surface area contributed by atoms with Crippen molar-refractivity contribution in [2.75, 3.05) is 7.11 Å². The van der Waals surface area contributed by atoms with Crippen molar-refractivity contribution in [3.8, 4) is 0 Å². The van der Waals surface area contributed by atoms with Crippen LogP contribution in [0.5, 0.6) is 0 Å². The molecule has 1 aliphatic heterocycles. The van der Waals surface area contributed by atoms with Gasteiger partial charge in [-0.2, -0.15) is 0 Å². The quantitative estimate of drug-likeness (QED) is 0.521. The monoisotopic (exact) mass is 328 g/mol. The molecule has 1 aliphatic rings. The maximum Gasteiger partial charge on any atom is 0.337 e. The molecule has 5 atom stereocenters. The molecule has 3 N–H and O–H groups in total. The highest BCUT2D eigenvalue weighted by molar-refractivity contribution is 9.06. The fourth-order valence-electron chi connectivity index (χ4n) is 1.63. The van der Waals surface area contributed by atoms with Gasteiger partial charge in [0.25, 0.3) is 5.79 Å². The molecule has 1 saturated heterocycles. The minimum atomic E-state index is -2.29. The lowest BCUT2D eigenvalue weighted by atomic mass is 9.90. The van der Waals surface area contributed by atoms with E-state index in [1.54, 1.807) is 0 Å². The summed E-state index contributed by atoms with van der Waals surface area (Å²) in [6.07, 6.45) is -7.09.